The van der Waals surface area contributed by atoms with E-state index in [-0.39, 0.29) is 11.5 Å². The minimum absolute atomic E-state index is 0.0104. The molecule has 17 heavy (non-hydrogen) atoms. The van der Waals surface area contributed by atoms with Crippen molar-refractivity contribution in [1.82, 2.24) is 9.78 Å². The number of aromatic nitrogens is 2. The van der Waals surface area contributed by atoms with E-state index < -0.39 is 9.84 Å². The van der Waals surface area contributed by atoms with Gasteiger partial charge in [0.25, 0.3) is 0 Å². The molecule has 0 aromatic carbocycles. The predicted molar refractivity (Wildman–Crippen MR) is 68.4 cm³/mol. The molecule has 1 atom stereocenters. The monoisotopic (exact) mass is 259 g/mol. The number of nitrogens with zero attached hydrogens (tertiary/aromatic N) is 2. The zero-order valence-corrected chi connectivity index (χ0v) is 11.3. The standard InChI is InChI=1S/C11H21N3O2S/c1-3-10(2)14-7-5-11(13-14)9-17(15,16)8-4-6-12/h5,7,10H,3-4,6,8-9,12H2,1-2H3. The molecule has 0 saturated heterocycles. The van der Waals surface area contributed by atoms with Gasteiger partial charge >= 0.3 is 0 Å². The van der Waals surface area contributed by atoms with Crippen LogP contribution in [-0.4, -0.2) is 30.5 Å². The summed E-state index contributed by atoms with van der Waals surface area (Å²) in [4.78, 5) is 0. The van der Waals surface area contributed by atoms with Crippen LogP contribution >= 0.6 is 0 Å². The Labute approximate surface area is 103 Å². The molecule has 1 heterocycles. The third-order valence-corrected chi connectivity index (χ3v) is 4.38. The molecule has 0 saturated carbocycles. The lowest BCUT2D eigenvalue weighted by molar-refractivity contribution is 0.474. The zero-order valence-electron chi connectivity index (χ0n) is 10.5. The van der Waals surface area contributed by atoms with E-state index in [9.17, 15) is 8.42 Å². The first kappa shape index (κ1) is 14.2. The molecular formula is C11H21N3O2S. The Morgan fingerprint density at radius 2 is 2.24 bits per heavy atom. The maximum atomic E-state index is 11.7. The van der Waals surface area contributed by atoms with Crippen LogP contribution in [0.3, 0.4) is 0 Å². The van der Waals surface area contributed by atoms with Gasteiger partial charge in [0.05, 0.1) is 17.2 Å². The highest BCUT2D eigenvalue weighted by atomic mass is 32.2. The van der Waals surface area contributed by atoms with Crippen LogP contribution in [0.25, 0.3) is 0 Å². The molecule has 1 aromatic heterocycles. The van der Waals surface area contributed by atoms with Gasteiger partial charge in [0.1, 0.15) is 0 Å². The number of hydrogen-bond acceptors (Lipinski definition) is 4. The highest BCUT2D eigenvalue weighted by Crippen LogP contribution is 2.11. The summed E-state index contributed by atoms with van der Waals surface area (Å²) in [5.41, 5.74) is 5.92. The summed E-state index contributed by atoms with van der Waals surface area (Å²) in [5.74, 6) is 0.149. The van der Waals surface area contributed by atoms with E-state index in [1.54, 1.807) is 6.07 Å². The molecular weight excluding hydrogens is 238 g/mol. The fraction of sp³-hybridized carbons (Fsp3) is 0.727. The van der Waals surface area contributed by atoms with Crippen molar-refractivity contribution in [3.63, 3.8) is 0 Å². The van der Waals surface area contributed by atoms with Crippen LogP contribution in [0.4, 0.5) is 0 Å². The smallest absolute Gasteiger partial charge is 0.156 e. The lowest BCUT2D eigenvalue weighted by atomic mass is 10.3. The summed E-state index contributed by atoms with van der Waals surface area (Å²) in [5, 5.41) is 4.28. The Hall–Kier alpha value is -0.880. The molecule has 1 unspecified atom stereocenters. The molecule has 0 radical (unpaired) electrons. The molecule has 98 valence electrons. The number of nitrogens with two attached hydrogens (primary N) is 1. The van der Waals surface area contributed by atoms with Crippen molar-refractivity contribution in [2.45, 2.75) is 38.5 Å². The minimum atomic E-state index is -3.07. The molecule has 0 fully saturated rings. The summed E-state index contributed by atoms with van der Waals surface area (Å²) in [6.45, 7) is 4.53. The van der Waals surface area contributed by atoms with Crippen LogP contribution in [0, 0.1) is 0 Å². The first-order valence-electron chi connectivity index (χ1n) is 5.93. The van der Waals surface area contributed by atoms with Gasteiger partial charge in [-0.05, 0) is 32.4 Å². The van der Waals surface area contributed by atoms with E-state index in [0.717, 1.165) is 6.42 Å². The summed E-state index contributed by atoms with van der Waals surface area (Å²) in [6, 6.07) is 2.07. The number of rotatable bonds is 7. The summed E-state index contributed by atoms with van der Waals surface area (Å²) in [7, 11) is -3.07. The zero-order chi connectivity index (χ0) is 12.9. The fourth-order valence-electron chi connectivity index (χ4n) is 1.49. The van der Waals surface area contributed by atoms with Crippen molar-refractivity contribution in [2.24, 2.45) is 5.73 Å². The second-order valence-electron chi connectivity index (χ2n) is 4.28. The molecule has 1 rings (SSSR count). The van der Waals surface area contributed by atoms with Crippen molar-refractivity contribution in [2.75, 3.05) is 12.3 Å². The van der Waals surface area contributed by atoms with Crippen LogP contribution < -0.4 is 5.73 Å². The van der Waals surface area contributed by atoms with Gasteiger partial charge in [-0.1, -0.05) is 6.92 Å². The average Bonchev–Trinajstić information content (AvgIpc) is 2.73. The van der Waals surface area contributed by atoms with Gasteiger partial charge < -0.3 is 5.73 Å². The third-order valence-electron chi connectivity index (χ3n) is 2.73. The number of hydrogen-bond donors (Lipinski definition) is 1. The molecule has 0 spiro atoms. The Morgan fingerprint density at radius 1 is 1.53 bits per heavy atom. The largest absolute Gasteiger partial charge is 0.330 e. The highest BCUT2D eigenvalue weighted by molar-refractivity contribution is 7.90. The van der Waals surface area contributed by atoms with Crippen molar-refractivity contribution < 1.29 is 8.42 Å². The fourth-order valence-corrected chi connectivity index (χ4v) is 2.84. The van der Waals surface area contributed by atoms with Gasteiger partial charge in [-0.2, -0.15) is 5.10 Å². The summed E-state index contributed by atoms with van der Waals surface area (Å²) >= 11 is 0. The maximum Gasteiger partial charge on any atom is 0.156 e. The molecule has 1 aromatic rings. The summed E-state index contributed by atoms with van der Waals surface area (Å²) < 4.78 is 25.2. The molecule has 5 nitrogen and oxygen atoms in total. The van der Waals surface area contributed by atoms with Crippen LogP contribution in [0.2, 0.25) is 0 Å². The maximum absolute atomic E-state index is 11.7. The van der Waals surface area contributed by atoms with Gasteiger partial charge in [0.2, 0.25) is 0 Å². The van der Waals surface area contributed by atoms with Gasteiger partial charge in [0.15, 0.2) is 9.84 Å². The Bertz CT molecular complexity index is 439. The van der Waals surface area contributed by atoms with E-state index in [1.165, 1.54) is 0 Å². The van der Waals surface area contributed by atoms with Crippen molar-refractivity contribution in [3.8, 4) is 0 Å². The van der Waals surface area contributed by atoms with E-state index in [2.05, 4.69) is 18.9 Å². The normalized spacial score (nSPS) is 13.8. The quantitative estimate of drug-likeness (QED) is 0.796. The summed E-state index contributed by atoms with van der Waals surface area (Å²) in [6.07, 6.45) is 3.32. The molecule has 2 N–H and O–H groups in total. The van der Waals surface area contributed by atoms with Crippen molar-refractivity contribution >= 4 is 9.84 Å². The molecule has 0 bridgehead atoms. The van der Waals surface area contributed by atoms with Crippen molar-refractivity contribution in [3.05, 3.63) is 18.0 Å². The van der Waals surface area contributed by atoms with Crippen LogP contribution in [0.15, 0.2) is 12.3 Å². The van der Waals surface area contributed by atoms with Gasteiger partial charge in [-0.15, -0.1) is 0 Å². The van der Waals surface area contributed by atoms with Gasteiger partial charge in [-0.25, -0.2) is 8.42 Å². The Kier molecular flexibility index (Phi) is 5.14. The van der Waals surface area contributed by atoms with Gasteiger partial charge in [0, 0.05) is 12.2 Å². The first-order valence-corrected chi connectivity index (χ1v) is 7.75. The first-order chi connectivity index (χ1) is 7.98. The van der Waals surface area contributed by atoms with Crippen LogP contribution in [0.1, 0.15) is 38.4 Å². The minimum Gasteiger partial charge on any atom is -0.330 e. The lowest BCUT2D eigenvalue weighted by Crippen LogP contribution is -2.14. The van der Waals surface area contributed by atoms with E-state index >= 15 is 0 Å². The second kappa shape index (κ2) is 6.16. The van der Waals surface area contributed by atoms with Crippen molar-refractivity contribution in [1.29, 1.82) is 0 Å². The Morgan fingerprint density at radius 3 is 2.82 bits per heavy atom. The molecule has 0 aliphatic heterocycles. The topological polar surface area (TPSA) is 78.0 Å². The van der Waals surface area contributed by atoms with E-state index in [4.69, 9.17) is 5.73 Å². The third kappa shape index (κ3) is 4.47. The van der Waals surface area contributed by atoms with E-state index in [0.29, 0.717) is 24.7 Å². The van der Waals surface area contributed by atoms with Gasteiger partial charge in [-0.3, -0.25) is 4.68 Å². The molecule has 6 heteroatoms. The van der Waals surface area contributed by atoms with Crippen LogP contribution in [-0.2, 0) is 15.6 Å². The molecule has 0 aliphatic carbocycles. The predicted octanol–water partition coefficient (Wildman–Crippen LogP) is 1.12. The Balaban J connectivity index is 2.66. The van der Waals surface area contributed by atoms with Crippen LogP contribution in [0.5, 0.6) is 0 Å². The average molecular weight is 259 g/mol. The molecule has 0 aliphatic rings. The highest BCUT2D eigenvalue weighted by Gasteiger charge is 2.14. The SMILES string of the molecule is CCC(C)n1ccc(CS(=O)(=O)CCCN)n1. The number of sulfone groups is 1. The van der Waals surface area contributed by atoms with E-state index in [1.807, 2.05) is 10.9 Å². The molecule has 0 amide bonds. The second-order valence-corrected chi connectivity index (χ2v) is 6.46. The lowest BCUT2D eigenvalue weighted by Gasteiger charge is -2.08.